The predicted octanol–water partition coefficient (Wildman–Crippen LogP) is 1.53. The Morgan fingerprint density at radius 3 is 2.95 bits per heavy atom. The summed E-state index contributed by atoms with van der Waals surface area (Å²) in [5, 5.41) is 12.6. The second kappa shape index (κ2) is 4.93. The van der Waals surface area contributed by atoms with E-state index >= 15 is 0 Å². The van der Waals surface area contributed by atoms with Gasteiger partial charge in [0, 0.05) is 31.0 Å². The number of hydrogen-bond acceptors (Lipinski definition) is 3. The van der Waals surface area contributed by atoms with Gasteiger partial charge < -0.3 is 10.4 Å². The fraction of sp³-hybridized carbons (Fsp3) is 0.600. The van der Waals surface area contributed by atoms with Crippen LogP contribution in [0.4, 0.5) is 0 Å². The molecule has 1 amide bonds. The number of hydrogen-bond donors (Lipinski definition) is 2. The molecular weight excluding hydrogens is 240 g/mol. The first-order valence-electron chi connectivity index (χ1n) is 7.02. The zero-order valence-electron chi connectivity index (χ0n) is 11.2. The second-order valence-electron chi connectivity index (χ2n) is 5.93. The molecule has 2 aliphatic carbocycles. The van der Waals surface area contributed by atoms with Crippen molar-refractivity contribution in [1.29, 1.82) is 0 Å². The molecule has 2 N–H and O–H groups in total. The zero-order chi connectivity index (χ0) is 13.4. The maximum atomic E-state index is 12.3. The Kier molecular flexibility index (Phi) is 3.27. The average molecular weight is 260 g/mol. The van der Waals surface area contributed by atoms with Gasteiger partial charge in [0.15, 0.2) is 0 Å². The number of rotatable bonds is 3. The standard InChI is InChI=1S/C15H20N2O2/c1-9-4-12(7-16-6-9)15(19)17-14-11-3-2-10(5-11)13(14)8-18/h4,6-7,10-11,13-14,18H,2-3,5,8H2,1H3,(H,17,19). The van der Waals surface area contributed by atoms with Gasteiger partial charge in [0.1, 0.15) is 0 Å². The van der Waals surface area contributed by atoms with E-state index in [1.54, 1.807) is 12.4 Å². The zero-order valence-corrected chi connectivity index (χ0v) is 11.2. The predicted molar refractivity (Wildman–Crippen MR) is 71.6 cm³/mol. The number of pyridine rings is 1. The minimum atomic E-state index is -0.0628. The van der Waals surface area contributed by atoms with Crippen molar-refractivity contribution in [2.75, 3.05) is 6.61 Å². The molecule has 0 aromatic carbocycles. The number of amides is 1. The molecule has 4 unspecified atom stereocenters. The van der Waals surface area contributed by atoms with Crippen LogP contribution in [-0.2, 0) is 0 Å². The number of aryl methyl sites for hydroxylation is 1. The summed E-state index contributed by atoms with van der Waals surface area (Å²) in [5.41, 5.74) is 1.60. The van der Waals surface area contributed by atoms with Crippen molar-refractivity contribution in [3.05, 3.63) is 29.6 Å². The van der Waals surface area contributed by atoms with Crippen LogP contribution in [0.25, 0.3) is 0 Å². The molecule has 2 fully saturated rings. The van der Waals surface area contributed by atoms with Crippen LogP contribution in [0.5, 0.6) is 0 Å². The van der Waals surface area contributed by atoms with Crippen LogP contribution in [0, 0.1) is 24.7 Å². The van der Waals surface area contributed by atoms with Crippen LogP contribution < -0.4 is 5.32 Å². The summed E-state index contributed by atoms with van der Waals surface area (Å²) in [6.07, 6.45) is 6.88. The van der Waals surface area contributed by atoms with E-state index in [-0.39, 0.29) is 24.5 Å². The smallest absolute Gasteiger partial charge is 0.253 e. The summed E-state index contributed by atoms with van der Waals surface area (Å²) in [6.45, 7) is 2.11. The van der Waals surface area contributed by atoms with Crippen molar-refractivity contribution in [3.8, 4) is 0 Å². The summed E-state index contributed by atoms with van der Waals surface area (Å²) in [4.78, 5) is 16.3. The lowest BCUT2D eigenvalue weighted by Gasteiger charge is -2.30. The number of nitrogens with one attached hydrogen (secondary N) is 1. The Hall–Kier alpha value is -1.42. The van der Waals surface area contributed by atoms with Crippen molar-refractivity contribution >= 4 is 5.91 Å². The number of aliphatic hydroxyl groups excluding tert-OH is 1. The number of fused-ring (bicyclic) bond motifs is 2. The third kappa shape index (κ3) is 2.25. The van der Waals surface area contributed by atoms with Crippen molar-refractivity contribution in [2.45, 2.75) is 32.2 Å². The molecule has 3 rings (SSSR count). The SMILES string of the molecule is Cc1cncc(C(=O)NC2C3CCC(C3)C2CO)c1. The van der Waals surface area contributed by atoms with Crippen molar-refractivity contribution in [3.63, 3.8) is 0 Å². The van der Waals surface area contributed by atoms with Gasteiger partial charge in [-0.1, -0.05) is 0 Å². The Bertz CT molecular complexity index is 489. The fourth-order valence-electron chi connectivity index (χ4n) is 3.81. The fourth-order valence-corrected chi connectivity index (χ4v) is 3.81. The molecule has 102 valence electrons. The van der Waals surface area contributed by atoms with Gasteiger partial charge in [0.25, 0.3) is 5.91 Å². The van der Waals surface area contributed by atoms with E-state index in [9.17, 15) is 9.90 Å². The van der Waals surface area contributed by atoms with Gasteiger partial charge in [-0.25, -0.2) is 0 Å². The second-order valence-corrected chi connectivity index (χ2v) is 5.93. The van der Waals surface area contributed by atoms with Gasteiger partial charge in [0.2, 0.25) is 0 Å². The quantitative estimate of drug-likeness (QED) is 0.866. The van der Waals surface area contributed by atoms with Crippen molar-refractivity contribution < 1.29 is 9.90 Å². The highest BCUT2D eigenvalue weighted by molar-refractivity contribution is 5.94. The molecule has 0 spiro atoms. The van der Waals surface area contributed by atoms with E-state index in [4.69, 9.17) is 0 Å². The van der Waals surface area contributed by atoms with Crippen LogP contribution in [0.3, 0.4) is 0 Å². The molecular formula is C15H20N2O2. The van der Waals surface area contributed by atoms with E-state index in [1.807, 2.05) is 13.0 Å². The summed E-state index contributed by atoms with van der Waals surface area (Å²) < 4.78 is 0. The van der Waals surface area contributed by atoms with Crippen molar-refractivity contribution in [1.82, 2.24) is 10.3 Å². The van der Waals surface area contributed by atoms with E-state index in [0.29, 0.717) is 17.4 Å². The Morgan fingerprint density at radius 1 is 1.42 bits per heavy atom. The van der Waals surface area contributed by atoms with E-state index in [1.165, 1.54) is 12.8 Å². The molecule has 2 aliphatic rings. The number of carbonyl (C=O) groups excluding carboxylic acids is 1. The van der Waals surface area contributed by atoms with Crippen molar-refractivity contribution in [2.24, 2.45) is 17.8 Å². The van der Waals surface area contributed by atoms with Gasteiger partial charge in [-0.3, -0.25) is 9.78 Å². The van der Waals surface area contributed by atoms with E-state index < -0.39 is 0 Å². The minimum Gasteiger partial charge on any atom is -0.396 e. The third-order valence-electron chi connectivity index (χ3n) is 4.73. The van der Waals surface area contributed by atoms with Crippen LogP contribution in [0.2, 0.25) is 0 Å². The summed E-state index contributed by atoms with van der Waals surface area (Å²) in [7, 11) is 0. The molecule has 1 heterocycles. The average Bonchev–Trinajstić information content (AvgIpc) is 2.99. The Balaban J connectivity index is 1.73. The van der Waals surface area contributed by atoms with E-state index in [0.717, 1.165) is 12.0 Å². The maximum absolute atomic E-state index is 12.3. The molecule has 0 aliphatic heterocycles. The van der Waals surface area contributed by atoms with Gasteiger partial charge in [-0.2, -0.15) is 0 Å². The summed E-state index contributed by atoms with van der Waals surface area (Å²) >= 11 is 0. The van der Waals surface area contributed by atoms with Gasteiger partial charge in [-0.05, 0) is 49.7 Å². The molecule has 4 atom stereocenters. The molecule has 1 aromatic heterocycles. The van der Waals surface area contributed by atoms with E-state index in [2.05, 4.69) is 10.3 Å². The first-order valence-corrected chi connectivity index (χ1v) is 7.02. The number of aromatic nitrogens is 1. The summed E-state index contributed by atoms with van der Waals surface area (Å²) in [6, 6.07) is 1.99. The monoisotopic (exact) mass is 260 g/mol. The normalized spacial score (nSPS) is 32.5. The first-order chi connectivity index (χ1) is 9.19. The third-order valence-corrected chi connectivity index (χ3v) is 4.73. The topological polar surface area (TPSA) is 62.2 Å². The lowest BCUT2D eigenvalue weighted by atomic mass is 9.85. The van der Waals surface area contributed by atoms with Gasteiger partial charge >= 0.3 is 0 Å². The molecule has 1 aromatic rings. The molecule has 2 saturated carbocycles. The van der Waals surface area contributed by atoms with Gasteiger partial charge in [0.05, 0.1) is 5.56 Å². The molecule has 4 nitrogen and oxygen atoms in total. The number of nitrogens with zero attached hydrogens (tertiary/aromatic N) is 1. The highest BCUT2D eigenvalue weighted by Gasteiger charge is 2.47. The highest BCUT2D eigenvalue weighted by Crippen LogP contribution is 2.48. The summed E-state index contributed by atoms with van der Waals surface area (Å²) in [5.74, 6) is 1.31. The molecule has 4 heteroatoms. The first kappa shape index (κ1) is 12.6. The van der Waals surface area contributed by atoms with Crippen LogP contribution in [0.15, 0.2) is 18.5 Å². The Labute approximate surface area is 113 Å². The molecule has 0 saturated heterocycles. The highest BCUT2D eigenvalue weighted by atomic mass is 16.3. The van der Waals surface area contributed by atoms with Crippen LogP contribution >= 0.6 is 0 Å². The minimum absolute atomic E-state index is 0.0628. The number of carbonyl (C=O) groups is 1. The molecule has 0 radical (unpaired) electrons. The molecule has 19 heavy (non-hydrogen) atoms. The molecule has 2 bridgehead atoms. The van der Waals surface area contributed by atoms with Crippen LogP contribution in [-0.4, -0.2) is 28.6 Å². The number of aliphatic hydroxyl groups is 1. The Morgan fingerprint density at radius 2 is 2.21 bits per heavy atom. The lowest BCUT2D eigenvalue weighted by Crippen LogP contribution is -2.45. The van der Waals surface area contributed by atoms with Gasteiger partial charge in [-0.15, -0.1) is 0 Å². The largest absolute Gasteiger partial charge is 0.396 e. The maximum Gasteiger partial charge on any atom is 0.253 e. The lowest BCUT2D eigenvalue weighted by molar-refractivity contribution is 0.0861. The van der Waals surface area contributed by atoms with Crippen LogP contribution in [0.1, 0.15) is 35.2 Å².